The number of hydrogen-bond donors (Lipinski definition) is 0. The summed E-state index contributed by atoms with van der Waals surface area (Å²) in [7, 11) is 0. The number of rotatable bonds is 7. The van der Waals surface area contributed by atoms with Crippen molar-refractivity contribution in [3.05, 3.63) is 46.8 Å². The molecular formula is C22H26F6N4O. The normalized spacial score (nSPS) is 16.9. The number of alkyl halides is 3. The molecule has 2 heterocycles. The molecule has 0 saturated carbocycles. The molecule has 2 aromatic rings. The van der Waals surface area contributed by atoms with Crippen molar-refractivity contribution in [3.8, 4) is 0 Å². The largest absolute Gasteiger partial charge is 0.451 e. The second kappa shape index (κ2) is 9.72. The van der Waals surface area contributed by atoms with Crippen LogP contribution in [0.3, 0.4) is 0 Å². The first-order valence-corrected chi connectivity index (χ1v) is 10.9. The molecule has 0 radical (unpaired) electrons. The summed E-state index contributed by atoms with van der Waals surface area (Å²) >= 11 is 0. The van der Waals surface area contributed by atoms with Crippen molar-refractivity contribution in [2.45, 2.75) is 59.3 Å². The van der Waals surface area contributed by atoms with Gasteiger partial charge in [-0.1, -0.05) is 33.6 Å². The lowest BCUT2D eigenvalue weighted by Gasteiger charge is -2.36. The van der Waals surface area contributed by atoms with Crippen molar-refractivity contribution in [3.63, 3.8) is 0 Å². The summed E-state index contributed by atoms with van der Waals surface area (Å²) in [5, 5.41) is 6.84. The van der Waals surface area contributed by atoms with Gasteiger partial charge in [0, 0.05) is 25.1 Å². The molecule has 0 bridgehead atoms. The van der Waals surface area contributed by atoms with Gasteiger partial charge < -0.3 is 9.47 Å². The zero-order chi connectivity index (χ0) is 24.5. The van der Waals surface area contributed by atoms with Crippen molar-refractivity contribution >= 4 is 5.91 Å². The molecule has 33 heavy (non-hydrogen) atoms. The number of fused-ring (bicyclic) bond motifs is 1. The van der Waals surface area contributed by atoms with Crippen molar-refractivity contribution in [1.29, 1.82) is 0 Å². The van der Waals surface area contributed by atoms with E-state index in [1.165, 1.54) is 4.90 Å². The Kier molecular flexibility index (Phi) is 7.38. The van der Waals surface area contributed by atoms with Gasteiger partial charge >= 0.3 is 6.18 Å². The minimum absolute atomic E-state index is 0.00966. The van der Waals surface area contributed by atoms with Gasteiger partial charge in [0.05, 0.1) is 6.54 Å². The molecular weight excluding hydrogens is 450 g/mol. The number of carbonyl (C=O) groups is 1. The molecule has 3 atom stereocenters. The topological polar surface area (TPSA) is 51.0 Å². The summed E-state index contributed by atoms with van der Waals surface area (Å²) in [6, 6.07) is 1.29. The lowest BCUT2D eigenvalue weighted by Crippen LogP contribution is -2.45. The third-order valence-corrected chi connectivity index (χ3v) is 6.20. The van der Waals surface area contributed by atoms with Gasteiger partial charge in [-0.3, -0.25) is 4.79 Å². The predicted molar refractivity (Wildman–Crippen MR) is 107 cm³/mol. The molecule has 182 valence electrons. The second-order valence-electron chi connectivity index (χ2n) is 8.68. The molecule has 1 aliphatic heterocycles. The zero-order valence-corrected chi connectivity index (χ0v) is 18.6. The van der Waals surface area contributed by atoms with Gasteiger partial charge in [0.2, 0.25) is 11.7 Å². The first-order chi connectivity index (χ1) is 15.4. The maximum atomic E-state index is 14.2. The number of amides is 1. The molecule has 3 unspecified atom stereocenters. The van der Waals surface area contributed by atoms with Crippen molar-refractivity contribution < 1.29 is 31.1 Å². The molecule has 1 aromatic carbocycles. The Morgan fingerprint density at radius 1 is 1.03 bits per heavy atom. The average Bonchev–Trinajstić information content (AvgIpc) is 3.16. The van der Waals surface area contributed by atoms with E-state index in [9.17, 15) is 31.1 Å². The van der Waals surface area contributed by atoms with Gasteiger partial charge in [-0.2, -0.15) is 13.2 Å². The van der Waals surface area contributed by atoms with E-state index in [-0.39, 0.29) is 49.3 Å². The van der Waals surface area contributed by atoms with Gasteiger partial charge in [0.25, 0.3) is 0 Å². The van der Waals surface area contributed by atoms with E-state index < -0.39 is 41.3 Å². The highest BCUT2D eigenvalue weighted by molar-refractivity contribution is 5.79. The van der Waals surface area contributed by atoms with Crippen LogP contribution in [0.15, 0.2) is 12.1 Å². The van der Waals surface area contributed by atoms with E-state index in [1.54, 1.807) is 6.92 Å². The Labute approximate surface area is 187 Å². The molecule has 1 amide bonds. The van der Waals surface area contributed by atoms with Crippen molar-refractivity contribution in [2.24, 2.45) is 17.8 Å². The summed E-state index contributed by atoms with van der Waals surface area (Å²) in [6.45, 7) is 5.42. The number of benzene rings is 1. The monoisotopic (exact) mass is 476 g/mol. The smallest absolute Gasteiger partial charge is 0.333 e. The number of hydrogen-bond acceptors (Lipinski definition) is 3. The minimum Gasteiger partial charge on any atom is -0.333 e. The molecule has 1 aromatic heterocycles. The first-order valence-electron chi connectivity index (χ1n) is 10.9. The highest BCUT2D eigenvalue weighted by Crippen LogP contribution is 2.33. The first kappa shape index (κ1) is 25.0. The van der Waals surface area contributed by atoms with Crippen LogP contribution < -0.4 is 0 Å². The Morgan fingerprint density at radius 2 is 1.70 bits per heavy atom. The average molecular weight is 476 g/mol. The fourth-order valence-electron chi connectivity index (χ4n) is 4.64. The number of halogens is 6. The van der Waals surface area contributed by atoms with Crippen molar-refractivity contribution in [1.82, 2.24) is 19.7 Å². The van der Waals surface area contributed by atoms with Crippen LogP contribution in [0.1, 0.15) is 50.8 Å². The third kappa shape index (κ3) is 5.33. The lowest BCUT2D eigenvalue weighted by atomic mass is 9.77. The molecule has 0 saturated heterocycles. The minimum atomic E-state index is -4.64. The predicted octanol–water partition coefficient (Wildman–Crippen LogP) is 4.99. The number of aromatic nitrogens is 3. The Bertz CT molecular complexity index is 1010. The van der Waals surface area contributed by atoms with Crippen LogP contribution in [0, 0.1) is 35.2 Å². The molecule has 5 nitrogen and oxygen atoms in total. The van der Waals surface area contributed by atoms with Crippen LogP contribution in [0.5, 0.6) is 0 Å². The van der Waals surface area contributed by atoms with Crippen LogP contribution >= 0.6 is 0 Å². The van der Waals surface area contributed by atoms with Gasteiger partial charge in [0.1, 0.15) is 5.82 Å². The van der Waals surface area contributed by atoms with E-state index in [0.717, 1.165) is 17.1 Å². The highest BCUT2D eigenvalue weighted by Gasteiger charge is 2.41. The second-order valence-corrected chi connectivity index (χ2v) is 8.68. The maximum Gasteiger partial charge on any atom is 0.451 e. The molecule has 11 heteroatoms. The summed E-state index contributed by atoms with van der Waals surface area (Å²) in [6.07, 6.45) is -3.14. The van der Waals surface area contributed by atoms with E-state index in [2.05, 4.69) is 10.2 Å². The number of nitrogens with zero attached hydrogens (tertiary/aromatic N) is 4. The zero-order valence-electron chi connectivity index (χ0n) is 18.6. The third-order valence-electron chi connectivity index (χ3n) is 6.20. The number of carbonyl (C=O) groups excluding carboxylic acids is 1. The highest BCUT2D eigenvalue weighted by atomic mass is 19.4. The fraction of sp³-hybridized carbons (Fsp3) is 0.591. The maximum absolute atomic E-state index is 14.2. The van der Waals surface area contributed by atoms with E-state index >= 15 is 0 Å². The van der Waals surface area contributed by atoms with Gasteiger partial charge in [0.15, 0.2) is 17.5 Å². The summed E-state index contributed by atoms with van der Waals surface area (Å²) in [5.41, 5.74) is -0.0314. The Hall–Kier alpha value is -2.59. The van der Waals surface area contributed by atoms with Crippen LogP contribution in [-0.4, -0.2) is 32.1 Å². The van der Waals surface area contributed by atoms with Gasteiger partial charge in [-0.05, 0) is 29.9 Å². The van der Waals surface area contributed by atoms with Crippen molar-refractivity contribution in [2.75, 3.05) is 6.54 Å². The molecule has 1 aliphatic rings. The van der Waals surface area contributed by atoms with Crippen LogP contribution in [0.4, 0.5) is 26.3 Å². The quantitative estimate of drug-likeness (QED) is 0.418. The van der Waals surface area contributed by atoms with E-state index in [4.69, 9.17) is 0 Å². The van der Waals surface area contributed by atoms with E-state index in [0.29, 0.717) is 12.5 Å². The summed E-state index contributed by atoms with van der Waals surface area (Å²) in [5.74, 6) is -5.80. The fourth-order valence-corrected chi connectivity index (χ4v) is 4.64. The molecule has 0 fully saturated rings. The lowest BCUT2D eigenvalue weighted by molar-refractivity contribution is -0.148. The Balaban J connectivity index is 1.83. The summed E-state index contributed by atoms with van der Waals surface area (Å²) < 4.78 is 81.4. The van der Waals surface area contributed by atoms with Crippen LogP contribution in [0.2, 0.25) is 0 Å². The molecule has 0 aliphatic carbocycles. The van der Waals surface area contributed by atoms with Gasteiger partial charge in [-0.25, -0.2) is 13.2 Å². The Morgan fingerprint density at radius 3 is 2.33 bits per heavy atom. The van der Waals surface area contributed by atoms with Crippen LogP contribution in [-0.2, 0) is 30.5 Å². The molecule has 0 spiro atoms. The SMILES string of the molecule is CCCC(C)C(C(=O)N1CCn2c(nnc2C(F)(F)F)C1)C(C)Cc1cc(F)c(F)cc1F. The van der Waals surface area contributed by atoms with Crippen LogP contribution in [0.25, 0.3) is 0 Å². The standard InChI is InChI=1S/C22H26F6N4O/c1-4-5-12(2)19(13(3)8-14-9-16(24)17(25)10-15(14)23)20(33)31-6-7-32-18(11-31)29-30-21(32)22(26,27)28/h9-10,12-13,19H,4-8,11H2,1-3H3. The van der Waals surface area contributed by atoms with Gasteiger partial charge in [-0.15, -0.1) is 10.2 Å². The molecule has 3 rings (SSSR count). The summed E-state index contributed by atoms with van der Waals surface area (Å²) in [4.78, 5) is 14.9. The van der Waals surface area contributed by atoms with E-state index in [1.807, 2.05) is 13.8 Å². The molecule has 0 N–H and O–H groups in total.